The molecule has 16 heavy (non-hydrogen) atoms. The Hall–Kier alpha value is -0.620. The third kappa shape index (κ3) is 2.38. The maximum absolute atomic E-state index is 11.4. The fraction of sp³-hybridized carbons (Fsp3) is 0.900. The standard InChI is InChI=1S/C10H17NO4S/c1-7-6-16(14,15)5-4-11(7)9(10(12)13)8-2-3-8/h7-9H,2-6H2,1H3,(H,12,13). The highest BCUT2D eigenvalue weighted by Gasteiger charge is 2.44. The Morgan fingerprint density at radius 3 is 2.50 bits per heavy atom. The maximum atomic E-state index is 11.4. The quantitative estimate of drug-likeness (QED) is 0.758. The molecule has 92 valence electrons. The fourth-order valence-corrected chi connectivity index (χ4v) is 4.03. The van der Waals surface area contributed by atoms with Crippen molar-refractivity contribution in [3.05, 3.63) is 0 Å². The summed E-state index contributed by atoms with van der Waals surface area (Å²) in [4.78, 5) is 13.0. The molecule has 2 atom stereocenters. The summed E-state index contributed by atoms with van der Waals surface area (Å²) >= 11 is 0. The monoisotopic (exact) mass is 247 g/mol. The molecule has 1 saturated carbocycles. The molecule has 0 amide bonds. The summed E-state index contributed by atoms with van der Waals surface area (Å²) < 4.78 is 22.8. The van der Waals surface area contributed by atoms with E-state index in [-0.39, 0.29) is 23.5 Å². The van der Waals surface area contributed by atoms with Crippen LogP contribution in [0.3, 0.4) is 0 Å². The first-order valence-electron chi connectivity index (χ1n) is 5.60. The first kappa shape index (κ1) is 11.9. The van der Waals surface area contributed by atoms with E-state index < -0.39 is 21.8 Å². The summed E-state index contributed by atoms with van der Waals surface area (Å²) in [6, 6.07) is -0.661. The van der Waals surface area contributed by atoms with Crippen molar-refractivity contribution in [2.45, 2.75) is 31.8 Å². The number of carboxylic acids is 1. The Kier molecular flexibility index (Phi) is 2.96. The van der Waals surface area contributed by atoms with Crippen LogP contribution < -0.4 is 0 Å². The second-order valence-corrected chi connectivity index (χ2v) is 7.05. The first-order chi connectivity index (χ1) is 7.41. The number of rotatable bonds is 3. The normalized spacial score (nSPS) is 32.2. The van der Waals surface area contributed by atoms with Crippen molar-refractivity contribution in [3.8, 4) is 0 Å². The predicted octanol–water partition coefficient (Wildman–Crippen LogP) is -0.0315. The molecule has 1 saturated heterocycles. The van der Waals surface area contributed by atoms with Crippen LogP contribution in [0.4, 0.5) is 0 Å². The van der Waals surface area contributed by atoms with Gasteiger partial charge in [0.1, 0.15) is 6.04 Å². The van der Waals surface area contributed by atoms with Crippen LogP contribution in [0.5, 0.6) is 0 Å². The number of nitrogens with zero attached hydrogens (tertiary/aromatic N) is 1. The molecule has 6 heteroatoms. The van der Waals surface area contributed by atoms with Gasteiger partial charge in [-0.15, -0.1) is 0 Å². The SMILES string of the molecule is CC1CS(=O)(=O)CCN1C(C(=O)O)C1CC1. The molecule has 1 aliphatic heterocycles. The van der Waals surface area contributed by atoms with Crippen molar-refractivity contribution in [2.75, 3.05) is 18.1 Å². The molecule has 0 bridgehead atoms. The first-order valence-corrected chi connectivity index (χ1v) is 7.42. The van der Waals surface area contributed by atoms with Crippen molar-refractivity contribution < 1.29 is 18.3 Å². The lowest BCUT2D eigenvalue weighted by atomic mass is 10.1. The molecule has 0 radical (unpaired) electrons. The second-order valence-electron chi connectivity index (χ2n) is 4.82. The van der Waals surface area contributed by atoms with E-state index in [0.717, 1.165) is 12.8 Å². The van der Waals surface area contributed by atoms with Gasteiger partial charge in [-0.2, -0.15) is 0 Å². The van der Waals surface area contributed by atoms with Crippen molar-refractivity contribution in [1.82, 2.24) is 4.90 Å². The topological polar surface area (TPSA) is 74.7 Å². The molecule has 2 rings (SSSR count). The Bertz CT molecular complexity index is 388. The molecule has 0 aromatic rings. The van der Waals surface area contributed by atoms with E-state index in [0.29, 0.717) is 6.54 Å². The van der Waals surface area contributed by atoms with E-state index in [2.05, 4.69) is 0 Å². The summed E-state index contributed by atoms with van der Waals surface area (Å²) in [5.41, 5.74) is 0. The molecule has 0 aromatic carbocycles. The van der Waals surface area contributed by atoms with Crippen LogP contribution in [0.2, 0.25) is 0 Å². The third-order valence-corrected chi connectivity index (χ3v) is 5.20. The highest BCUT2D eigenvalue weighted by Crippen LogP contribution is 2.37. The minimum absolute atomic E-state index is 0.0868. The average Bonchev–Trinajstić information content (AvgIpc) is 2.91. The summed E-state index contributed by atoms with van der Waals surface area (Å²) in [6.07, 6.45) is 1.90. The number of hydrogen-bond acceptors (Lipinski definition) is 4. The molecule has 1 N–H and O–H groups in total. The minimum Gasteiger partial charge on any atom is -0.480 e. The van der Waals surface area contributed by atoms with E-state index in [9.17, 15) is 18.3 Å². The highest BCUT2D eigenvalue weighted by molar-refractivity contribution is 7.91. The minimum atomic E-state index is -2.96. The van der Waals surface area contributed by atoms with Gasteiger partial charge in [0.2, 0.25) is 0 Å². The molecule has 2 unspecified atom stereocenters. The van der Waals surface area contributed by atoms with Gasteiger partial charge in [-0.25, -0.2) is 8.42 Å². The van der Waals surface area contributed by atoms with Gasteiger partial charge in [-0.1, -0.05) is 0 Å². The van der Waals surface area contributed by atoms with E-state index in [4.69, 9.17) is 0 Å². The lowest BCUT2D eigenvalue weighted by Crippen LogP contribution is -2.55. The Balaban J connectivity index is 2.11. The smallest absolute Gasteiger partial charge is 0.321 e. The van der Waals surface area contributed by atoms with Gasteiger partial charge in [0.15, 0.2) is 9.84 Å². The molecule has 0 spiro atoms. The number of hydrogen-bond donors (Lipinski definition) is 1. The van der Waals surface area contributed by atoms with Crippen LogP contribution in [-0.4, -0.2) is 54.5 Å². The second kappa shape index (κ2) is 4.00. The molecule has 2 aliphatic rings. The van der Waals surface area contributed by atoms with Gasteiger partial charge in [0.25, 0.3) is 0 Å². The van der Waals surface area contributed by atoms with Gasteiger partial charge in [-0.05, 0) is 25.7 Å². The van der Waals surface area contributed by atoms with Gasteiger partial charge >= 0.3 is 5.97 Å². The molecule has 5 nitrogen and oxygen atoms in total. The zero-order valence-corrected chi connectivity index (χ0v) is 10.1. The largest absolute Gasteiger partial charge is 0.480 e. The van der Waals surface area contributed by atoms with Crippen molar-refractivity contribution in [3.63, 3.8) is 0 Å². The summed E-state index contributed by atoms with van der Waals surface area (Å²) in [5.74, 6) is -0.411. The van der Waals surface area contributed by atoms with E-state index >= 15 is 0 Å². The summed E-state index contributed by atoms with van der Waals surface area (Å²) in [5, 5.41) is 9.19. The van der Waals surface area contributed by atoms with Crippen LogP contribution >= 0.6 is 0 Å². The van der Waals surface area contributed by atoms with E-state index in [1.54, 1.807) is 6.92 Å². The van der Waals surface area contributed by atoms with Crippen LogP contribution in [0, 0.1) is 5.92 Å². The maximum Gasteiger partial charge on any atom is 0.321 e. The third-order valence-electron chi connectivity index (χ3n) is 3.40. The van der Waals surface area contributed by atoms with Crippen molar-refractivity contribution in [1.29, 1.82) is 0 Å². The van der Waals surface area contributed by atoms with Crippen molar-refractivity contribution >= 4 is 15.8 Å². The lowest BCUT2D eigenvalue weighted by molar-refractivity contribution is -0.145. The molecule has 0 aromatic heterocycles. The fourth-order valence-electron chi connectivity index (χ4n) is 2.45. The Morgan fingerprint density at radius 2 is 2.06 bits per heavy atom. The van der Waals surface area contributed by atoms with E-state index in [1.807, 2.05) is 4.90 Å². The van der Waals surface area contributed by atoms with Gasteiger partial charge < -0.3 is 5.11 Å². The van der Waals surface area contributed by atoms with Gasteiger partial charge in [0, 0.05) is 12.6 Å². The molecule has 2 fully saturated rings. The van der Waals surface area contributed by atoms with Gasteiger partial charge in [0.05, 0.1) is 11.5 Å². The number of aliphatic carboxylic acids is 1. The highest BCUT2D eigenvalue weighted by atomic mass is 32.2. The zero-order valence-electron chi connectivity index (χ0n) is 9.30. The molecule has 1 heterocycles. The Labute approximate surface area is 95.4 Å². The van der Waals surface area contributed by atoms with Crippen LogP contribution in [-0.2, 0) is 14.6 Å². The zero-order chi connectivity index (χ0) is 11.9. The molecular formula is C10H17NO4S. The van der Waals surface area contributed by atoms with Crippen LogP contribution in [0.1, 0.15) is 19.8 Å². The number of sulfone groups is 1. The Morgan fingerprint density at radius 1 is 1.44 bits per heavy atom. The van der Waals surface area contributed by atoms with Crippen molar-refractivity contribution in [2.24, 2.45) is 5.92 Å². The average molecular weight is 247 g/mol. The predicted molar refractivity (Wildman–Crippen MR) is 59.0 cm³/mol. The van der Waals surface area contributed by atoms with Crippen LogP contribution in [0.15, 0.2) is 0 Å². The van der Waals surface area contributed by atoms with Gasteiger partial charge in [-0.3, -0.25) is 9.69 Å². The summed E-state index contributed by atoms with van der Waals surface area (Å²) in [6.45, 7) is 2.16. The number of carbonyl (C=O) groups is 1. The lowest BCUT2D eigenvalue weighted by Gasteiger charge is -2.37. The number of carboxylic acid groups (broad SMARTS) is 1. The van der Waals surface area contributed by atoms with E-state index in [1.165, 1.54) is 0 Å². The summed E-state index contributed by atoms with van der Waals surface area (Å²) in [7, 11) is -2.96. The molecular weight excluding hydrogens is 230 g/mol. The molecule has 1 aliphatic carbocycles. The van der Waals surface area contributed by atoms with Crippen LogP contribution in [0.25, 0.3) is 0 Å².